The molecule has 0 aliphatic rings. The molecule has 0 atom stereocenters. The molecule has 0 saturated heterocycles. The number of rotatable bonds is 4. The van der Waals surface area contributed by atoms with Crippen molar-refractivity contribution in [2.75, 3.05) is 13.2 Å². The largest absolute Gasteiger partial charge is 0.482 e. The number of nitrogens with one attached hydrogen (secondary N) is 1. The molecule has 0 aliphatic carbocycles. The molecule has 1 rings (SSSR count). The Morgan fingerprint density at radius 3 is 2.71 bits per heavy atom. The SMILES string of the molecule is O=C(COc1ccc(Cl)nc1)NCC(F)(F)F. The number of nitrogens with zero attached hydrogens (tertiary/aromatic N) is 1. The van der Waals surface area contributed by atoms with Crippen molar-refractivity contribution in [2.24, 2.45) is 0 Å². The lowest BCUT2D eigenvalue weighted by molar-refractivity contribution is -0.139. The highest BCUT2D eigenvalue weighted by Crippen LogP contribution is 2.13. The number of alkyl halides is 3. The number of pyridine rings is 1. The highest BCUT2D eigenvalue weighted by atomic mass is 35.5. The zero-order valence-corrected chi connectivity index (χ0v) is 9.18. The third-order valence-electron chi connectivity index (χ3n) is 1.56. The third kappa shape index (κ3) is 5.96. The molecule has 0 fully saturated rings. The Morgan fingerprint density at radius 1 is 1.47 bits per heavy atom. The van der Waals surface area contributed by atoms with E-state index in [4.69, 9.17) is 16.3 Å². The average molecular weight is 269 g/mol. The molecule has 1 aromatic rings. The van der Waals surface area contributed by atoms with Crippen LogP contribution in [0, 0.1) is 0 Å². The van der Waals surface area contributed by atoms with Gasteiger partial charge in [0.25, 0.3) is 5.91 Å². The summed E-state index contributed by atoms with van der Waals surface area (Å²) in [6.45, 7) is -1.90. The first kappa shape index (κ1) is 13.6. The van der Waals surface area contributed by atoms with Crippen molar-refractivity contribution in [2.45, 2.75) is 6.18 Å². The molecule has 0 saturated carbocycles. The second-order valence-corrected chi connectivity index (χ2v) is 3.38. The maximum atomic E-state index is 11.7. The summed E-state index contributed by atoms with van der Waals surface area (Å²) in [7, 11) is 0. The number of hydrogen-bond acceptors (Lipinski definition) is 3. The van der Waals surface area contributed by atoms with Crippen LogP contribution in [0.1, 0.15) is 0 Å². The molecule has 17 heavy (non-hydrogen) atoms. The van der Waals surface area contributed by atoms with Crippen LogP contribution in [0.25, 0.3) is 0 Å². The van der Waals surface area contributed by atoms with Crippen LogP contribution < -0.4 is 10.1 Å². The summed E-state index contributed by atoms with van der Waals surface area (Å²) in [6.07, 6.45) is -3.17. The molecule has 0 unspecified atom stereocenters. The van der Waals surface area contributed by atoms with E-state index in [0.29, 0.717) is 0 Å². The van der Waals surface area contributed by atoms with Gasteiger partial charge < -0.3 is 10.1 Å². The van der Waals surface area contributed by atoms with Gasteiger partial charge in [-0.2, -0.15) is 13.2 Å². The van der Waals surface area contributed by atoms with Crippen LogP contribution in [0.2, 0.25) is 5.15 Å². The van der Waals surface area contributed by atoms with Gasteiger partial charge in [-0.15, -0.1) is 0 Å². The minimum Gasteiger partial charge on any atom is -0.482 e. The number of halogens is 4. The molecule has 0 spiro atoms. The van der Waals surface area contributed by atoms with Crippen LogP contribution >= 0.6 is 11.6 Å². The van der Waals surface area contributed by atoms with Gasteiger partial charge in [0.05, 0.1) is 6.20 Å². The van der Waals surface area contributed by atoms with Crippen molar-refractivity contribution in [1.29, 1.82) is 0 Å². The standard InChI is InChI=1S/C9H8ClF3N2O2/c10-7-2-1-6(3-14-7)17-4-8(16)15-5-9(11,12)13/h1-3H,4-5H2,(H,15,16). The quantitative estimate of drug-likeness (QED) is 0.847. The van der Waals surface area contributed by atoms with E-state index in [0.717, 1.165) is 0 Å². The maximum Gasteiger partial charge on any atom is 0.405 e. The molecule has 4 nitrogen and oxygen atoms in total. The minimum absolute atomic E-state index is 0.247. The zero-order chi connectivity index (χ0) is 12.9. The minimum atomic E-state index is -4.43. The van der Waals surface area contributed by atoms with E-state index in [1.807, 2.05) is 0 Å². The first-order chi connectivity index (χ1) is 7.87. The zero-order valence-electron chi connectivity index (χ0n) is 8.42. The Morgan fingerprint density at radius 2 is 2.18 bits per heavy atom. The Hall–Kier alpha value is -1.50. The molecular formula is C9H8ClF3N2O2. The Bertz CT molecular complexity index is 381. The molecule has 0 bridgehead atoms. The van der Waals surface area contributed by atoms with E-state index in [9.17, 15) is 18.0 Å². The van der Waals surface area contributed by atoms with E-state index in [-0.39, 0.29) is 10.9 Å². The van der Waals surface area contributed by atoms with Gasteiger partial charge in [0.15, 0.2) is 6.61 Å². The normalized spacial score (nSPS) is 11.1. The summed E-state index contributed by atoms with van der Waals surface area (Å²) in [5, 5.41) is 1.92. The van der Waals surface area contributed by atoms with Gasteiger partial charge in [0, 0.05) is 0 Å². The molecule has 94 valence electrons. The van der Waals surface area contributed by atoms with Gasteiger partial charge >= 0.3 is 6.18 Å². The Balaban J connectivity index is 2.31. The predicted molar refractivity (Wildman–Crippen MR) is 53.8 cm³/mol. The number of carbonyl (C=O) groups excluding carboxylic acids is 1. The van der Waals surface area contributed by atoms with Crippen molar-refractivity contribution < 1.29 is 22.7 Å². The highest BCUT2D eigenvalue weighted by Gasteiger charge is 2.27. The molecule has 0 radical (unpaired) electrons. The first-order valence-electron chi connectivity index (χ1n) is 4.44. The number of amides is 1. The molecule has 0 aromatic carbocycles. The van der Waals surface area contributed by atoms with Crippen molar-refractivity contribution >= 4 is 17.5 Å². The fourth-order valence-electron chi connectivity index (χ4n) is 0.846. The lowest BCUT2D eigenvalue weighted by Gasteiger charge is -2.09. The van der Waals surface area contributed by atoms with Crippen molar-refractivity contribution in [1.82, 2.24) is 10.3 Å². The number of hydrogen-bond donors (Lipinski definition) is 1. The molecule has 0 aliphatic heterocycles. The van der Waals surface area contributed by atoms with E-state index in [1.54, 1.807) is 5.32 Å². The van der Waals surface area contributed by atoms with Gasteiger partial charge in [0.1, 0.15) is 17.4 Å². The lowest BCUT2D eigenvalue weighted by Crippen LogP contribution is -2.36. The average Bonchev–Trinajstić information content (AvgIpc) is 2.25. The highest BCUT2D eigenvalue weighted by molar-refractivity contribution is 6.29. The lowest BCUT2D eigenvalue weighted by atomic mass is 10.4. The fraction of sp³-hybridized carbons (Fsp3) is 0.333. The number of ether oxygens (including phenoxy) is 1. The van der Waals surface area contributed by atoms with E-state index in [2.05, 4.69) is 4.98 Å². The third-order valence-corrected chi connectivity index (χ3v) is 1.78. The van der Waals surface area contributed by atoms with Gasteiger partial charge in [-0.3, -0.25) is 4.79 Å². The number of aromatic nitrogens is 1. The predicted octanol–water partition coefficient (Wildman–Crippen LogP) is 1.79. The smallest absolute Gasteiger partial charge is 0.405 e. The van der Waals surface area contributed by atoms with Crippen molar-refractivity contribution in [3.63, 3.8) is 0 Å². The summed E-state index contributed by atoms with van der Waals surface area (Å²) in [5.74, 6) is -0.617. The summed E-state index contributed by atoms with van der Waals surface area (Å²) in [4.78, 5) is 14.6. The molecule has 8 heteroatoms. The van der Waals surface area contributed by atoms with Gasteiger partial charge in [-0.1, -0.05) is 11.6 Å². The van der Waals surface area contributed by atoms with Gasteiger partial charge in [0.2, 0.25) is 0 Å². The molecule has 1 aromatic heterocycles. The van der Waals surface area contributed by atoms with Crippen LogP contribution in [-0.2, 0) is 4.79 Å². The van der Waals surface area contributed by atoms with E-state index in [1.165, 1.54) is 18.3 Å². The topological polar surface area (TPSA) is 51.2 Å². The van der Waals surface area contributed by atoms with Gasteiger partial charge in [-0.05, 0) is 12.1 Å². The molecule has 1 N–H and O–H groups in total. The maximum absolute atomic E-state index is 11.7. The van der Waals surface area contributed by atoms with Crippen molar-refractivity contribution in [3.05, 3.63) is 23.5 Å². The van der Waals surface area contributed by atoms with E-state index < -0.39 is 25.2 Å². The van der Waals surface area contributed by atoms with Crippen molar-refractivity contribution in [3.8, 4) is 5.75 Å². The molecule has 1 amide bonds. The summed E-state index contributed by atoms with van der Waals surface area (Å²) < 4.78 is 40.1. The van der Waals surface area contributed by atoms with Gasteiger partial charge in [-0.25, -0.2) is 4.98 Å². The monoisotopic (exact) mass is 268 g/mol. The Labute approximate surface area is 99.7 Å². The molecular weight excluding hydrogens is 261 g/mol. The summed E-state index contributed by atoms with van der Waals surface area (Å²) in [6, 6.07) is 2.89. The van der Waals surface area contributed by atoms with Crippen LogP contribution in [0.3, 0.4) is 0 Å². The fourth-order valence-corrected chi connectivity index (χ4v) is 0.958. The van der Waals surface area contributed by atoms with Crippen LogP contribution in [0.5, 0.6) is 5.75 Å². The van der Waals surface area contributed by atoms with E-state index >= 15 is 0 Å². The van der Waals surface area contributed by atoms with Crippen LogP contribution in [-0.4, -0.2) is 30.2 Å². The first-order valence-corrected chi connectivity index (χ1v) is 4.82. The number of carbonyl (C=O) groups is 1. The molecule has 1 heterocycles. The second kappa shape index (κ2) is 5.72. The van der Waals surface area contributed by atoms with Crippen LogP contribution in [0.15, 0.2) is 18.3 Å². The summed E-state index contributed by atoms with van der Waals surface area (Å²) >= 11 is 5.50. The van der Waals surface area contributed by atoms with Crippen LogP contribution in [0.4, 0.5) is 13.2 Å². The Kier molecular flexibility index (Phi) is 4.56. The summed E-state index contributed by atoms with van der Waals surface area (Å²) in [5.41, 5.74) is 0. The second-order valence-electron chi connectivity index (χ2n) is 3.00.